The highest BCUT2D eigenvalue weighted by molar-refractivity contribution is 5.67. The van der Waals surface area contributed by atoms with Crippen LogP contribution in [0.3, 0.4) is 0 Å². The number of nitrogens with one attached hydrogen (secondary N) is 1. The van der Waals surface area contributed by atoms with Crippen LogP contribution in [0.2, 0.25) is 0 Å². The smallest absolute Gasteiger partial charge is 0.409 e. The van der Waals surface area contributed by atoms with E-state index in [0.29, 0.717) is 12.6 Å². The SMILES string of the molecule is [CH2-][NH+]1CCC(N(C)C(=O)OCC)CC1. The molecule has 1 N–H and O–H groups in total. The van der Waals surface area contributed by atoms with Gasteiger partial charge in [0.2, 0.25) is 0 Å². The summed E-state index contributed by atoms with van der Waals surface area (Å²) in [5, 5.41) is 0. The van der Waals surface area contributed by atoms with Crippen LogP contribution in [0.15, 0.2) is 0 Å². The van der Waals surface area contributed by atoms with Crippen molar-refractivity contribution in [3.8, 4) is 0 Å². The molecule has 0 bridgehead atoms. The number of carbonyl (C=O) groups is 1. The molecule has 0 aromatic heterocycles. The summed E-state index contributed by atoms with van der Waals surface area (Å²) in [7, 11) is 5.77. The number of nitrogens with zero attached hydrogens (tertiary/aromatic N) is 1. The molecule has 4 heteroatoms. The van der Waals surface area contributed by atoms with Crippen molar-refractivity contribution >= 4 is 6.09 Å². The van der Waals surface area contributed by atoms with Gasteiger partial charge < -0.3 is 14.5 Å². The highest BCUT2D eigenvalue weighted by Gasteiger charge is 2.24. The van der Waals surface area contributed by atoms with E-state index in [1.807, 2.05) is 14.0 Å². The highest BCUT2D eigenvalue weighted by atomic mass is 16.6. The molecule has 1 aliphatic heterocycles. The summed E-state index contributed by atoms with van der Waals surface area (Å²) in [6, 6.07) is 0.333. The van der Waals surface area contributed by atoms with Gasteiger partial charge in [-0.2, -0.15) is 7.05 Å². The second-order valence-corrected chi connectivity index (χ2v) is 3.79. The zero-order valence-electron chi connectivity index (χ0n) is 9.08. The van der Waals surface area contributed by atoms with Crippen LogP contribution in [0, 0.1) is 7.05 Å². The molecule has 1 amide bonds. The van der Waals surface area contributed by atoms with Gasteiger partial charge in [-0.1, -0.05) is 0 Å². The predicted molar refractivity (Wildman–Crippen MR) is 53.9 cm³/mol. The van der Waals surface area contributed by atoms with Crippen LogP contribution in [0.5, 0.6) is 0 Å². The monoisotopic (exact) mass is 200 g/mol. The molecule has 1 aliphatic rings. The topological polar surface area (TPSA) is 34.0 Å². The third-order valence-electron chi connectivity index (χ3n) is 2.77. The van der Waals surface area contributed by atoms with Gasteiger partial charge in [0, 0.05) is 25.9 Å². The zero-order chi connectivity index (χ0) is 10.6. The first-order valence-electron chi connectivity index (χ1n) is 5.21. The Morgan fingerprint density at radius 2 is 2.14 bits per heavy atom. The number of hydrogen-bond acceptors (Lipinski definition) is 2. The van der Waals surface area contributed by atoms with E-state index >= 15 is 0 Å². The minimum absolute atomic E-state index is 0.204. The van der Waals surface area contributed by atoms with Gasteiger partial charge >= 0.3 is 6.09 Å². The van der Waals surface area contributed by atoms with Crippen LogP contribution in [-0.2, 0) is 4.74 Å². The minimum atomic E-state index is -0.204. The average molecular weight is 200 g/mol. The minimum Gasteiger partial charge on any atom is -0.468 e. The van der Waals surface area contributed by atoms with E-state index in [2.05, 4.69) is 7.05 Å². The average Bonchev–Trinajstić information content (AvgIpc) is 2.18. The fourth-order valence-corrected chi connectivity index (χ4v) is 1.77. The van der Waals surface area contributed by atoms with Gasteiger partial charge in [0.15, 0.2) is 0 Å². The van der Waals surface area contributed by atoms with Gasteiger partial charge in [-0.3, -0.25) is 0 Å². The van der Waals surface area contributed by atoms with Crippen LogP contribution in [-0.4, -0.2) is 43.8 Å². The quantitative estimate of drug-likeness (QED) is 0.632. The molecule has 4 nitrogen and oxygen atoms in total. The summed E-state index contributed by atoms with van der Waals surface area (Å²) in [4.78, 5) is 14.4. The number of ether oxygens (including phenoxy) is 1. The van der Waals surface area contributed by atoms with Gasteiger partial charge in [-0.05, 0) is 6.92 Å². The summed E-state index contributed by atoms with van der Waals surface area (Å²) >= 11 is 0. The molecule has 0 saturated carbocycles. The first kappa shape index (κ1) is 11.3. The second-order valence-electron chi connectivity index (χ2n) is 3.79. The zero-order valence-corrected chi connectivity index (χ0v) is 9.08. The number of quaternary nitrogens is 1. The third kappa shape index (κ3) is 2.87. The van der Waals surface area contributed by atoms with E-state index in [9.17, 15) is 4.79 Å². The van der Waals surface area contributed by atoms with E-state index in [1.165, 1.54) is 4.90 Å². The van der Waals surface area contributed by atoms with Crippen molar-refractivity contribution in [3.63, 3.8) is 0 Å². The van der Waals surface area contributed by atoms with Crippen molar-refractivity contribution < 1.29 is 14.4 Å². The number of piperidine rings is 1. The normalized spacial score (nSPS) is 27.1. The van der Waals surface area contributed by atoms with Gasteiger partial charge in [0.1, 0.15) is 0 Å². The number of carbonyl (C=O) groups excluding carboxylic acids is 1. The molecule has 0 radical (unpaired) electrons. The fourth-order valence-electron chi connectivity index (χ4n) is 1.77. The van der Waals surface area contributed by atoms with Gasteiger partial charge in [-0.15, -0.1) is 0 Å². The molecular formula is C10H20N2O2. The van der Waals surface area contributed by atoms with E-state index in [0.717, 1.165) is 25.9 Å². The molecule has 0 aromatic rings. The molecular weight excluding hydrogens is 180 g/mol. The third-order valence-corrected chi connectivity index (χ3v) is 2.77. The summed E-state index contributed by atoms with van der Waals surface area (Å²) in [6.07, 6.45) is 1.84. The summed E-state index contributed by atoms with van der Waals surface area (Å²) in [5.41, 5.74) is 0. The molecule has 1 saturated heterocycles. The lowest BCUT2D eigenvalue weighted by Crippen LogP contribution is -3.08. The van der Waals surface area contributed by atoms with E-state index in [4.69, 9.17) is 4.74 Å². The summed E-state index contributed by atoms with van der Waals surface area (Å²) < 4.78 is 4.95. The van der Waals surface area contributed by atoms with Crippen molar-refractivity contribution in [1.29, 1.82) is 0 Å². The van der Waals surface area contributed by atoms with E-state index in [-0.39, 0.29) is 6.09 Å². The van der Waals surface area contributed by atoms with E-state index in [1.54, 1.807) is 4.90 Å². The Labute approximate surface area is 85.8 Å². The van der Waals surface area contributed by atoms with Crippen LogP contribution in [0.1, 0.15) is 19.8 Å². The lowest BCUT2D eigenvalue weighted by molar-refractivity contribution is -0.859. The molecule has 0 unspecified atom stereocenters. The van der Waals surface area contributed by atoms with Crippen LogP contribution >= 0.6 is 0 Å². The Hall–Kier alpha value is -0.770. The standard InChI is InChI=1S/C10H20N2O2/c1-4-14-10(13)12(3)9-5-7-11(2)8-6-9/h9,11H,2,4-8H2,1,3H3. The number of hydrogen-bond donors (Lipinski definition) is 1. The summed E-state index contributed by atoms with van der Waals surface area (Å²) in [6.45, 7) is 4.35. The number of amides is 1. The molecule has 0 atom stereocenters. The van der Waals surface area contributed by atoms with Crippen molar-refractivity contribution in [2.45, 2.75) is 25.8 Å². The predicted octanol–water partition coefficient (Wildman–Crippen LogP) is -0.0864. The molecule has 1 fully saturated rings. The van der Waals surface area contributed by atoms with Crippen molar-refractivity contribution in [2.24, 2.45) is 0 Å². The van der Waals surface area contributed by atoms with Crippen LogP contribution in [0.4, 0.5) is 4.79 Å². The Balaban J connectivity index is 2.37. The number of likely N-dealkylation sites (tertiary alicyclic amines) is 1. The lowest BCUT2D eigenvalue weighted by Gasteiger charge is -2.35. The maximum Gasteiger partial charge on any atom is 0.409 e. The van der Waals surface area contributed by atoms with Gasteiger partial charge in [0.05, 0.1) is 19.7 Å². The Bertz CT molecular complexity index is 189. The molecule has 82 valence electrons. The molecule has 0 spiro atoms. The maximum absolute atomic E-state index is 11.4. The highest BCUT2D eigenvalue weighted by Crippen LogP contribution is 2.08. The fraction of sp³-hybridized carbons (Fsp3) is 0.800. The first-order valence-corrected chi connectivity index (χ1v) is 5.21. The van der Waals surface area contributed by atoms with Crippen LogP contribution < -0.4 is 4.90 Å². The van der Waals surface area contributed by atoms with Crippen molar-refractivity contribution in [1.82, 2.24) is 4.90 Å². The first-order chi connectivity index (χ1) is 6.65. The molecule has 0 aliphatic carbocycles. The van der Waals surface area contributed by atoms with E-state index < -0.39 is 0 Å². The lowest BCUT2D eigenvalue weighted by atomic mass is 10.0. The Kier molecular flexibility index (Phi) is 4.20. The Morgan fingerprint density at radius 3 is 2.64 bits per heavy atom. The van der Waals surface area contributed by atoms with Crippen molar-refractivity contribution in [2.75, 3.05) is 26.7 Å². The Morgan fingerprint density at radius 1 is 1.57 bits per heavy atom. The van der Waals surface area contributed by atoms with Crippen LogP contribution in [0.25, 0.3) is 0 Å². The molecule has 0 aromatic carbocycles. The maximum atomic E-state index is 11.4. The second kappa shape index (κ2) is 5.20. The molecule has 1 heterocycles. The number of rotatable bonds is 2. The van der Waals surface area contributed by atoms with Gasteiger partial charge in [-0.25, -0.2) is 4.79 Å². The van der Waals surface area contributed by atoms with Gasteiger partial charge in [0.25, 0.3) is 0 Å². The summed E-state index contributed by atoms with van der Waals surface area (Å²) in [5.74, 6) is 0. The van der Waals surface area contributed by atoms with Crippen molar-refractivity contribution in [3.05, 3.63) is 7.05 Å². The molecule has 1 rings (SSSR count). The largest absolute Gasteiger partial charge is 0.468 e. The molecule has 14 heavy (non-hydrogen) atoms.